The van der Waals surface area contributed by atoms with Crippen molar-refractivity contribution >= 4 is 0 Å². The van der Waals surface area contributed by atoms with Gasteiger partial charge >= 0.3 is 0 Å². The van der Waals surface area contributed by atoms with Crippen molar-refractivity contribution in [3.05, 3.63) is 53.3 Å². The minimum Gasteiger partial charge on any atom is -0.493 e. The van der Waals surface area contributed by atoms with Crippen molar-refractivity contribution in [3.63, 3.8) is 0 Å². The second kappa shape index (κ2) is 6.39. The third kappa shape index (κ3) is 2.91. The molecule has 0 aromatic heterocycles. The molecule has 0 atom stereocenters. The molecule has 0 aliphatic rings. The number of hydrogen-bond donors (Lipinski definition) is 1. The molecule has 3 nitrogen and oxygen atoms in total. The van der Waals surface area contributed by atoms with Crippen LogP contribution in [0, 0.1) is 5.82 Å². The molecule has 0 unspecified atom stereocenters. The standard InChI is InChI=1S/C16H18FNO2/c1-3-11-7-8-15(16(9-11)19-2)20-14-6-4-5-13(17)12(14)10-18/h4-9H,3,10,18H2,1-2H3. The van der Waals surface area contributed by atoms with Gasteiger partial charge in [0.25, 0.3) is 0 Å². The van der Waals surface area contributed by atoms with Crippen LogP contribution in [0.25, 0.3) is 0 Å². The lowest BCUT2D eigenvalue weighted by atomic mass is 10.1. The lowest BCUT2D eigenvalue weighted by molar-refractivity contribution is 0.376. The van der Waals surface area contributed by atoms with Crippen LogP contribution in [0.5, 0.6) is 17.2 Å². The fraction of sp³-hybridized carbons (Fsp3) is 0.250. The molecule has 0 amide bonds. The number of nitrogens with two attached hydrogens (primary N) is 1. The van der Waals surface area contributed by atoms with E-state index in [2.05, 4.69) is 6.92 Å². The van der Waals surface area contributed by atoms with Gasteiger partial charge in [0.15, 0.2) is 11.5 Å². The molecule has 0 fully saturated rings. The Morgan fingerprint density at radius 1 is 1.10 bits per heavy atom. The summed E-state index contributed by atoms with van der Waals surface area (Å²) in [5, 5.41) is 0. The third-order valence-electron chi connectivity index (χ3n) is 3.14. The second-order valence-corrected chi connectivity index (χ2v) is 4.36. The maximum absolute atomic E-state index is 13.7. The summed E-state index contributed by atoms with van der Waals surface area (Å²) in [4.78, 5) is 0. The van der Waals surface area contributed by atoms with Gasteiger partial charge in [0.05, 0.1) is 7.11 Å². The fourth-order valence-corrected chi connectivity index (χ4v) is 1.97. The second-order valence-electron chi connectivity index (χ2n) is 4.36. The van der Waals surface area contributed by atoms with Gasteiger partial charge in [-0.3, -0.25) is 0 Å². The van der Waals surface area contributed by atoms with Gasteiger partial charge in [0.1, 0.15) is 11.6 Å². The first-order chi connectivity index (χ1) is 9.69. The predicted octanol–water partition coefficient (Wildman–Crippen LogP) is 3.65. The molecular weight excluding hydrogens is 257 g/mol. The highest BCUT2D eigenvalue weighted by atomic mass is 19.1. The van der Waals surface area contributed by atoms with Crippen molar-refractivity contribution in [1.29, 1.82) is 0 Å². The number of halogens is 1. The van der Waals surface area contributed by atoms with Crippen molar-refractivity contribution in [3.8, 4) is 17.2 Å². The van der Waals surface area contributed by atoms with Gasteiger partial charge in [-0.05, 0) is 36.2 Å². The fourth-order valence-electron chi connectivity index (χ4n) is 1.97. The van der Waals surface area contributed by atoms with E-state index in [1.54, 1.807) is 19.2 Å². The van der Waals surface area contributed by atoms with E-state index in [1.165, 1.54) is 6.07 Å². The number of methoxy groups -OCH3 is 1. The minimum atomic E-state index is -0.367. The van der Waals surface area contributed by atoms with Crippen molar-refractivity contribution < 1.29 is 13.9 Å². The van der Waals surface area contributed by atoms with Gasteiger partial charge in [-0.25, -0.2) is 4.39 Å². The normalized spacial score (nSPS) is 10.4. The van der Waals surface area contributed by atoms with Crippen LogP contribution in [-0.4, -0.2) is 7.11 Å². The third-order valence-corrected chi connectivity index (χ3v) is 3.14. The largest absolute Gasteiger partial charge is 0.493 e. The Hall–Kier alpha value is -2.07. The SMILES string of the molecule is CCc1ccc(Oc2cccc(F)c2CN)c(OC)c1. The van der Waals surface area contributed by atoms with E-state index in [4.69, 9.17) is 15.2 Å². The zero-order chi connectivity index (χ0) is 14.5. The molecule has 2 aromatic rings. The molecule has 2 aromatic carbocycles. The summed E-state index contributed by atoms with van der Waals surface area (Å²) in [5.41, 5.74) is 7.07. The number of rotatable bonds is 5. The van der Waals surface area contributed by atoms with E-state index in [0.29, 0.717) is 22.8 Å². The number of hydrogen-bond acceptors (Lipinski definition) is 3. The van der Waals surface area contributed by atoms with Gasteiger partial charge in [0.2, 0.25) is 0 Å². The monoisotopic (exact) mass is 275 g/mol. The van der Waals surface area contributed by atoms with E-state index in [0.717, 1.165) is 12.0 Å². The first-order valence-electron chi connectivity index (χ1n) is 6.51. The first kappa shape index (κ1) is 14.3. The Balaban J connectivity index is 2.37. The quantitative estimate of drug-likeness (QED) is 0.906. The topological polar surface area (TPSA) is 44.5 Å². The van der Waals surface area contributed by atoms with E-state index in [9.17, 15) is 4.39 Å². The van der Waals surface area contributed by atoms with Gasteiger partial charge in [-0.15, -0.1) is 0 Å². The molecule has 0 spiro atoms. The maximum Gasteiger partial charge on any atom is 0.169 e. The Morgan fingerprint density at radius 2 is 1.90 bits per heavy atom. The zero-order valence-electron chi connectivity index (χ0n) is 11.7. The summed E-state index contributed by atoms with van der Waals surface area (Å²) in [6, 6.07) is 10.3. The van der Waals surface area contributed by atoms with Gasteiger partial charge in [-0.1, -0.05) is 19.1 Å². The highest BCUT2D eigenvalue weighted by Crippen LogP contribution is 2.34. The molecule has 20 heavy (non-hydrogen) atoms. The Kier molecular flexibility index (Phi) is 4.58. The van der Waals surface area contributed by atoms with Crippen LogP contribution in [0.4, 0.5) is 4.39 Å². The lowest BCUT2D eigenvalue weighted by Gasteiger charge is -2.14. The highest BCUT2D eigenvalue weighted by molar-refractivity contribution is 5.47. The Bertz CT molecular complexity index is 599. The van der Waals surface area contributed by atoms with Crippen molar-refractivity contribution in [1.82, 2.24) is 0 Å². The van der Waals surface area contributed by atoms with E-state index < -0.39 is 0 Å². The highest BCUT2D eigenvalue weighted by Gasteiger charge is 2.12. The van der Waals surface area contributed by atoms with E-state index >= 15 is 0 Å². The van der Waals surface area contributed by atoms with Gasteiger partial charge < -0.3 is 15.2 Å². The molecule has 0 saturated carbocycles. The molecule has 0 bridgehead atoms. The Morgan fingerprint density at radius 3 is 2.55 bits per heavy atom. The van der Waals surface area contributed by atoms with Gasteiger partial charge in [-0.2, -0.15) is 0 Å². The van der Waals surface area contributed by atoms with E-state index in [1.807, 2.05) is 18.2 Å². The van der Waals surface area contributed by atoms with Crippen LogP contribution in [0.2, 0.25) is 0 Å². The van der Waals surface area contributed by atoms with Crippen LogP contribution in [0.3, 0.4) is 0 Å². The van der Waals surface area contributed by atoms with Crippen LogP contribution >= 0.6 is 0 Å². The summed E-state index contributed by atoms with van der Waals surface area (Å²) in [6.45, 7) is 2.14. The predicted molar refractivity (Wildman–Crippen MR) is 76.7 cm³/mol. The molecule has 0 aliphatic heterocycles. The molecule has 2 N–H and O–H groups in total. The zero-order valence-corrected chi connectivity index (χ0v) is 11.7. The first-order valence-corrected chi connectivity index (χ1v) is 6.51. The van der Waals surface area contributed by atoms with Crippen LogP contribution < -0.4 is 15.2 Å². The average molecular weight is 275 g/mol. The number of ether oxygens (including phenoxy) is 2. The van der Waals surface area contributed by atoms with Crippen LogP contribution in [0.15, 0.2) is 36.4 Å². The van der Waals surface area contributed by atoms with Crippen molar-refractivity contribution in [2.75, 3.05) is 7.11 Å². The molecule has 0 heterocycles. The summed E-state index contributed by atoms with van der Waals surface area (Å²) in [6.07, 6.45) is 0.907. The van der Waals surface area contributed by atoms with Crippen molar-refractivity contribution in [2.24, 2.45) is 5.73 Å². The molecule has 4 heteroatoms. The molecule has 106 valence electrons. The molecule has 0 aliphatic carbocycles. The summed E-state index contributed by atoms with van der Waals surface area (Å²) in [7, 11) is 1.58. The molecule has 0 saturated heterocycles. The average Bonchev–Trinajstić information content (AvgIpc) is 2.48. The molecule has 2 rings (SSSR count). The smallest absolute Gasteiger partial charge is 0.169 e. The summed E-state index contributed by atoms with van der Waals surface area (Å²) in [5.74, 6) is 1.21. The number of benzene rings is 2. The van der Waals surface area contributed by atoms with E-state index in [-0.39, 0.29) is 12.4 Å². The maximum atomic E-state index is 13.7. The molecular formula is C16H18FNO2. The van der Waals surface area contributed by atoms with Crippen molar-refractivity contribution in [2.45, 2.75) is 19.9 Å². The lowest BCUT2D eigenvalue weighted by Crippen LogP contribution is -2.03. The molecule has 0 radical (unpaired) electrons. The van der Waals surface area contributed by atoms with Crippen LogP contribution in [0.1, 0.15) is 18.1 Å². The number of aryl methyl sites for hydroxylation is 1. The summed E-state index contributed by atoms with van der Waals surface area (Å²) < 4.78 is 24.7. The summed E-state index contributed by atoms with van der Waals surface area (Å²) >= 11 is 0. The Labute approximate surface area is 118 Å². The minimum absolute atomic E-state index is 0.0807. The van der Waals surface area contributed by atoms with Crippen LogP contribution in [-0.2, 0) is 13.0 Å². The van der Waals surface area contributed by atoms with Gasteiger partial charge in [0, 0.05) is 12.1 Å².